The molecule has 1 aromatic carbocycles. The Kier molecular flexibility index (Phi) is 13.5. The molecule has 1 aliphatic heterocycles. The van der Waals surface area contributed by atoms with Crippen molar-refractivity contribution >= 4 is 44.7 Å². The number of sulfonamides is 1. The van der Waals surface area contributed by atoms with Crippen molar-refractivity contribution in [2.24, 2.45) is 29.1 Å². The first-order chi connectivity index (χ1) is 28.6. The van der Waals surface area contributed by atoms with E-state index in [1.165, 1.54) is 19.2 Å². The number of fused-ring (bicyclic) bond motifs is 4. The second kappa shape index (κ2) is 17.8. The molecule has 1 aromatic heterocycles. The van der Waals surface area contributed by atoms with Crippen LogP contribution in [0.5, 0.6) is 11.6 Å². The molecule has 3 N–H and O–H groups in total. The molecule has 0 saturated heterocycles. The summed E-state index contributed by atoms with van der Waals surface area (Å²) in [5.41, 5.74) is -3.72. The second-order valence-electron chi connectivity index (χ2n) is 18.2. The monoisotopic (exact) mass is 883 g/mol. The maximum atomic E-state index is 16.4. The Morgan fingerprint density at radius 3 is 2.36 bits per heavy atom. The third-order valence-corrected chi connectivity index (χ3v) is 14.3. The minimum atomic E-state index is -4.21. The molecule has 3 aliphatic carbocycles. The van der Waals surface area contributed by atoms with Crippen LogP contribution in [0, 0.1) is 29.1 Å². The van der Waals surface area contributed by atoms with E-state index < -0.39 is 129 Å². The van der Waals surface area contributed by atoms with Gasteiger partial charge < -0.3 is 24.8 Å². The Hall–Kier alpha value is -4.29. The van der Waals surface area contributed by atoms with Crippen molar-refractivity contribution < 1.29 is 59.4 Å². The Labute approximate surface area is 353 Å². The van der Waals surface area contributed by atoms with Gasteiger partial charge in [-0.2, -0.15) is 8.78 Å². The van der Waals surface area contributed by atoms with Gasteiger partial charge in [-0.25, -0.2) is 32.0 Å². The molecule has 2 aromatic rings. The fraction of sp³-hybridized carbons (Fsp3) is 0.714. The first-order valence-corrected chi connectivity index (χ1v) is 22.7. The number of methoxy groups -OCH3 is 1. The van der Waals surface area contributed by atoms with Crippen LogP contribution in [0.4, 0.5) is 22.4 Å². The molecule has 3 saturated carbocycles. The van der Waals surface area contributed by atoms with Gasteiger partial charge in [-0.15, -0.1) is 0 Å². The van der Waals surface area contributed by atoms with Crippen LogP contribution in [0.25, 0.3) is 11.0 Å². The van der Waals surface area contributed by atoms with Gasteiger partial charge >= 0.3 is 6.09 Å². The quantitative estimate of drug-likeness (QED) is 0.226. The number of Topliss-reactive ketones (excluding diaryl/α,β-unsaturated/α-hetero) is 1. The van der Waals surface area contributed by atoms with Crippen molar-refractivity contribution in [1.82, 2.24) is 25.3 Å². The van der Waals surface area contributed by atoms with E-state index >= 15 is 8.78 Å². The number of ketones is 1. The minimum absolute atomic E-state index is 0.120. The summed E-state index contributed by atoms with van der Waals surface area (Å²) in [6.07, 6.45) is -3.92. The SMILES string of the molecule is CCC[C@@H]1[C@@H]2CC(C(=O)[C@H](C(C)(C)C)NC(=O)O[C@@H](C)CCCCCCC(F)(F)c3nc4ccc(OC)cc4nc3O2)[C@@H]1C(=O)N[C@]1(C(=O)NS(=O)(=O)C2CC2)C[C@H]1C(F)F. The molecule has 0 radical (unpaired) electrons. The van der Waals surface area contributed by atoms with Crippen molar-refractivity contribution in [1.29, 1.82) is 0 Å². The van der Waals surface area contributed by atoms with Crippen molar-refractivity contribution in [3.8, 4) is 11.6 Å². The molecular weight excluding hydrogens is 827 g/mol. The zero-order valence-electron chi connectivity index (χ0n) is 35.4. The van der Waals surface area contributed by atoms with Crippen LogP contribution in [0.2, 0.25) is 0 Å². The van der Waals surface area contributed by atoms with E-state index in [1.807, 2.05) is 4.72 Å². The van der Waals surface area contributed by atoms with E-state index in [0.717, 1.165) is 0 Å². The number of carbonyl (C=O) groups excluding carboxylic acids is 4. The van der Waals surface area contributed by atoms with Crippen LogP contribution in [0.15, 0.2) is 18.2 Å². The lowest BCUT2D eigenvalue weighted by atomic mass is 9.75. The summed E-state index contributed by atoms with van der Waals surface area (Å²) >= 11 is 0. The van der Waals surface area contributed by atoms with Crippen LogP contribution >= 0.6 is 0 Å². The van der Waals surface area contributed by atoms with Gasteiger partial charge in [-0.1, -0.05) is 47.0 Å². The lowest BCUT2D eigenvalue weighted by Crippen LogP contribution is -2.57. The zero-order chi connectivity index (χ0) is 44.7. The zero-order valence-corrected chi connectivity index (χ0v) is 36.2. The molecule has 8 atom stereocenters. The Bertz CT molecular complexity index is 2100. The fourth-order valence-electron chi connectivity index (χ4n) is 8.83. The van der Waals surface area contributed by atoms with Crippen LogP contribution in [-0.2, 0) is 35.1 Å². The predicted octanol–water partition coefficient (Wildman–Crippen LogP) is 6.73. The van der Waals surface area contributed by atoms with Crippen molar-refractivity contribution in [3.05, 3.63) is 23.9 Å². The van der Waals surface area contributed by atoms with E-state index in [0.29, 0.717) is 37.9 Å². The summed E-state index contributed by atoms with van der Waals surface area (Å²) in [5, 5.41) is 4.28. The van der Waals surface area contributed by atoms with E-state index in [-0.39, 0.29) is 43.1 Å². The molecule has 1 unspecified atom stereocenters. The average molecular weight is 884 g/mol. The summed E-state index contributed by atoms with van der Waals surface area (Å²) in [5.74, 6) is -12.1. The smallest absolute Gasteiger partial charge is 0.407 e. The van der Waals surface area contributed by atoms with Gasteiger partial charge in [0.05, 0.1) is 41.3 Å². The van der Waals surface area contributed by atoms with Crippen molar-refractivity contribution in [2.45, 2.75) is 153 Å². The summed E-state index contributed by atoms with van der Waals surface area (Å²) in [4.78, 5) is 65.6. The number of carbonyl (C=O) groups is 4. The summed E-state index contributed by atoms with van der Waals surface area (Å²) in [6.45, 7) is 8.55. The molecule has 338 valence electrons. The molecule has 61 heavy (non-hydrogen) atoms. The molecule has 14 nitrogen and oxygen atoms in total. The predicted molar refractivity (Wildman–Crippen MR) is 214 cm³/mol. The van der Waals surface area contributed by atoms with Gasteiger partial charge in [0.25, 0.3) is 11.8 Å². The number of hydrogen-bond donors (Lipinski definition) is 3. The number of rotatable bonds is 9. The minimum Gasteiger partial charge on any atom is -0.497 e. The molecule has 3 fully saturated rings. The molecule has 2 heterocycles. The van der Waals surface area contributed by atoms with Crippen LogP contribution in [0.3, 0.4) is 0 Å². The number of aromatic nitrogens is 2. The number of amides is 3. The van der Waals surface area contributed by atoms with Gasteiger partial charge in [0.1, 0.15) is 23.5 Å². The number of benzene rings is 1. The van der Waals surface area contributed by atoms with Gasteiger partial charge in [0.2, 0.25) is 28.2 Å². The summed E-state index contributed by atoms with van der Waals surface area (Å²) < 4.78 is 106. The highest BCUT2D eigenvalue weighted by atomic mass is 32.2. The molecule has 6 rings (SSSR count). The summed E-state index contributed by atoms with van der Waals surface area (Å²) in [6, 6.07) is 3.27. The maximum absolute atomic E-state index is 16.4. The van der Waals surface area contributed by atoms with Crippen molar-refractivity contribution in [3.63, 3.8) is 0 Å². The number of alkyl halides is 4. The number of ether oxygens (including phenoxy) is 3. The molecular formula is C42H57F4N5O9S. The van der Waals surface area contributed by atoms with E-state index in [9.17, 15) is 36.4 Å². The Morgan fingerprint density at radius 2 is 1.74 bits per heavy atom. The largest absolute Gasteiger partial charge is 0.497 e. The third-order valence-electron chi connectivity index (χ3n) is 12.4. The van der Waals surface area contributed by atoms with E-state index in [4.69, 9.17) is 14.2 Å². The Morgan fingerprint density at radius 1 is 1.03 bits per heavy atom. The number of nitrogens with zero attached hydrogens (tertiary/aromatic N) is 2. The molecule has 19 heteroatoms. The number of cyclic esters (lactones) is 1. The van der Waals surface area contributed by atoms with Crippen molar-refractivity contribution in [2.75, 3.05) is 7.11 Å². The first-order valence-electron chi connectivity index (χ1n) is 21.2. The van der Waals surface area contributed by atoms with Gasteiger partial charge in [0.15, 0.2) is 11.5 Å². The van der Waals surface area contributed by atoms with Gasteiger partial charge in [-0.3, -0.25) is 19.1 Å². The van der Waals surface area contributed by atoms with Crippen LogP contribution in [-0.4, -0.2) is 84.7 Å². The third kappa shape index (κ3) is 10.2. The van der Waals surface area contributed by atoms with E-state index in [2.05, 4.69) is 20.6 Å². The summed E-state index contributed by atoms with van der Waals surface area (Å²) in [7, 11) is -2.79. The standard InChI is InChI=1S/C42H57F4N5O9S/c1-7-12-25-30-20-26(31(25)36(53)50-41(21-27(41)35(43)44)38(54)51-61(56,57)24-15-16-24)32(52)33(40(3,4)5)49-39(55)59-22(2)13-10-8-9-11-18-42(45,46)34-37(60-30)48-29-19-23(58-6)14-17-28(29)47-34/h14,17,19,22,24-27,30-31,33,35H,7-13,15-16,18,20-21H2,1-6H3,(H,49,55)(H,50,53)(H,51,54)/t22-,25+,26?,27-,30-,31+,33+,41+/m0/s1. The maximum Gasteiger partial charge on any atom is 0.407 e. The average Bonchev–Trinajstić information content (AvgIpc) is 4.11. The number of hydrogen-bond acceptors (Lipinski definition) is 11. The van der Waals surface area contributed by atoms with Gasteiger partial charge in [0, 0.05) is 24.3 Å². The van der Waals surface area contributed by atoms with Crippen LogP contribution < -0.4 is 24.8 Å². The lowest BCUT2D eigenvalue weighted by Gasteiger charge is -2.34. The highest BCUT2D eigenvalue weighted by molar-refractivity contribution is 7.91. The normalized spacial score (nSPS) is 30.1. The van der Waals surface area contributed by atoms with Crippen LogP contribution in [0.1, 0.15) is 117 Å². The fourth-order valence-corrected chi connectivity index (χ4v) is 10.2. The second-order valence-corrected chi connectivity index (χ2v) is 20.2. The highest BCUT2D eigenvalue weighted by Gasteiger charge is 2.67. The topological polar surface area (TPSA) is 192 Å². The highest BCUT2D eigenvalue weighted by Crippen LogP contribution is 2.51. The van der Waals surface area contributed by atoms with Gasteiger partial charge in [-0.05, 0) is 75.8 Å². The first kappa shape index (κ1) is 46.2. The Balaban J connectivity index is 1.46. The molecule has 3 amide bonds. The number of halogens is 4. The number of alkyl carbamates (subject to hydrolysis) is 1. The van der Waals surface area contributed by atoms with E-state index in [1.54, 1.807) is 40.7 Å². The molecule has 0 spiro atoms. The molecule has 2 bridgehead atoms. The number of nitrogens with one attached hydrogen (secondary N) is 3. The molecule has 4 aliphatic rings. The lowest BCUT2D eigenvalue weighted by molar-refractivity contribution is -0.138.